The van der Waals surface area contributed by atoms with E-state index in [4.69, 9.17) is 4.74 Å². The second-order valence-electron chi connectivity index (χ2n) is 6.33. The minimum Gasteiger partial charge on any atom is -0.444 e. The molecule has 0 spiro atoms. The van der Waals surface area contributed by atoms with Crippen molar-refractivity contribution in [2.24, 2.45) is 0 Å². The highest BCUT2D eigenvalue weighted by molar-refractivity contribution is 9.10. The molecule has 0 N–H and O–H groups in total. The Morgan fingerprint density at radius 1 is 1.41 bits per heavy atom. The highest BCUT2D eigenvalue weighted by atomic mass is 79.9. The van der Waals surface area contributed by atoms with Gasteiger partial charge in [0.05, 0.1) is 16.0 Å². The summed E-state index contributed by atoms with van der Waals surface area (Å²) >= 11 is 3.28. The van der Waals surface area contributed by atoms with E-state index in [0.717, 1.165) is 0 Å². The van der Waals surface area contributed by atoms with Crippen molar-refractivity contribution in [3.05, 3.63) is 22.4 Å². The lowest BCUT2D eigenvalue weighted by molar-refractivity contribution is -0.0000792. The molecule has 8 heteroatoms. The van der Waals surface area contributed by atoms with E-state index in [1.807, 2.05) is 20.8 Å². The summed E-state index contributed by atoms with van der Waals surface area (Å²) in [4.78, 5) is 13.5. The Bertz CT molecular complexity index is 734. The van der Waals surface area contributed by atoms with Crippen molar-refractivity contribution in [3.63, 3.8) is 0 Å². The molecule has 1 aromatic carbocycles. The molecule has 6 nitrogen and oxygen atoms in total. The molecule has 0 radical (unpaired) electrons. The average Bonchev–Trinajstić information content (AvgIpc) is 2.68. The molecule has 0 unspecified atom stereocenters. The van der Waals surface area contributed by atoms with E-state index < -0.39 is 5.60 Å². The fourth-order valence-electron chi connectivity index (χ4n) is 2.32. The van der Waals surface area contributed by atoms with Crippen LogP contribution in [-0.4, -0.2) is 44.7 Å². The van der Waals surface area contributed by atoms with Crippen LogP contribution in [0.15, 0.2) is 16.6 Å². The first-order valence-electron chi connectivity index (χ1n) is 6.92. The Morgan fingerprint density at radius 3 is 2.73 bits per heavy atom. The Kier molecular flexibility index (Phi) is 3.58. The molecule has 1 fully saturated rings. The van der Waals surface area contributed by atoms with Crippen LogP contribution < -0.4 is 0 Å². The van der Waals surface area contributed by atoms with Crippen LogP contribution in [0.3, 0.4) is 0 Å². The van der Waals surface area contributed by atoms with Crippen LogP contribution in [0.2, 0.25) is 0 Å². The minimum atomic E-state index is -0.518. The molecular formula is C14H16BrFN4O2. The van der Waals surface area contributed by atoms with Crippen molar-refractivity contribution in [1.29, 1.82) is 0 Å². The van der Waals surface area contributed by atoms with Crippen molar-refractivity contribution in [1.82, 2.24) is 19.9 Å². The van der Waals surface area contributed by atoms with Gasteiger partial charge in [-0.25, -0.2) is 13.9 Å². The number of fused-ring (bicyclic) bond motifs is 1. The molecule has 1 amide bonds. The number of hydrogen-bond acceptors (Lipinski definition) is 4. The summed E-state index contributed by atoms with van der Waals surface area (Å²) in [6.07, 6.45) is -0.347. The highest BCUT2D eigenvalue weighted by Crippen LogP contribution is 2.29. The number of ether oxygens (including phenoxy) is 1. The van der Waals surface area contributed by atoms with Crippen molar-refractivity contribution >= 4 is 33.1 Å². The summed E-state index contributed by atoms with van der Waals surface area (Å²) in [7, 11) is 0. The molecule has 1 aliphatic rings. The van der Waals surface area contributed by atoms with Crippen molar-refractivity contribution < 1.29 is 13.9 Å². The van der Waals surface area contributed by atoms with Crippen LogP contribution in [0, 0.1) is 5.82 Å². The van der Waals surface area contributed by atoms with E-state index >= 15 is 0 Å². The normalized spacial score (nSPS) is 16.0. The number of hydrogen-bond donors (Lipinski definition) is 0. The lowest BCUT2D eigenvalue weighted by Crippen LogP contribution is -2.52. The second kappa shape index (κ2) is 5.19. The summed E-state index contributed by atoms with van der Waals surface area (Å²) in [5.41, 5.74) is 0.702. The van der Waals surface area contributed by atoms with Crippen LogP contribution in [0.25, 0.3) is 11.0 Å². The number of amides is 1. The Morgan fingerprint density at radius 2 is 2.09 bits per heavy atom. The van der Waals surface area contributed by atoms with Crippen LogP contribution in [0.1, 0.15) is 26.8 Å². The molecule has 2 heterocycles. The van der Waals surface area contributed by atoms with Crippen LogP contribution in [0.5, 0.6) is 0 Å². The van der Waals surface area contributed by atoms with Crippen LogP contribution >= 0.6 is 15.9 Å². The van der Waals surface area contributed by atoms with Gasteiger partial charge in [-0.2, -0.15) is 0 Å². The molecule has 0 bridgehead atoms. The maximum atomic E-state index is 13.5. The molecular weight excluding hydrogens is 355 g/mol. The third kappa shape index (κ3) is 2.79. The first-order valence-corrected chi connectivity index (χ1v) is 7.72. The smallest absolute Gasteiger partial charge is 0.410 e. The SMILES string of the molecule is CC(C)(C)OC(=O)N1CC(n2nnc3c(Br)cc(F)cc32)C1. The summed E-state index contributed by atoms with van der Waals surface area (Å²) < 4.78 is 21.1. The molecule has 1 saturated heterocycles. The number of nitrogens with zero attached hydrogens (tertiary/aromatic N) is 4. The number of aromatic nitrogens is 3. The van der Waals surface area contributed by atoms with E-state index in [9.17, 15) is 9.18 Å². The lowest BCUT2D eigenvalue weighted by Gasteiger charge is -2.39. The topological polar surface area (TPSA) is 60.2 Å². The van der Waals surface area contributed by atoms with Gasteiger partial charge >= 0.3 is 6.09 Å². The van der Waals surface area contributed by atoms with Crippen molar-refractivity contribution in [2.45, 2.75) is 32.4 Å². The number of carbonyl (C=O) groups is 1. The Balaban J connectivity index is 1.75. The van der Waals surface area contributed by atoms with E-state index in [0.29, 0.717) is 28.6 Å². The Labute approximate surface area is 135 Å². The predicted molar refractivity (Wildman–Crippen MR) is 82.0 cm³/mol. The standard InChI is InChI=1S/C14H16BrFN4O2/c1-14(2,3)22-13(21)19-6-9(7-19)20-11-5-8(16)4-10(15)12(11)17-18-20/h4-5,9H,6-7H2,1-3H3. The van der Waals surface area contributed by atoms with Gasteiger partial charge in [-0.1, -0.05) is 5.21 Å². The molecule has 0 aliphatic carbocycles. The molecule has 2 aromatic rings. The monoisotopic (exact) mass is 370 g/mol. The van der Waals surface area contributed by atoms with E-state index in [-0.39, 0.29) is 18.0 Å². The summed E-state index contributed by atoms with van der Waals surface area (Å²) in [6, 6.07) is 2.73. The highest BCUT2D eigenvalue weighted by Gasteiger charge is 2.36. The third-order valence-electron chi connectivity index (χ3n) is 3.36. The fraction of sp³-hybridized carbons (Fsp3) is 0.500. The molecule has 1 aliphatic heterocycles. The molecule has 22 heavy (non-hydrogen) atoms. The maximum absolute atomic E-state index is 13.5. The Hall–Kier alpha value is -1.70. The quantitative estimate of drug-likeness (QED) is 0.773. The number of benzene rings is 1. The molecule has 1 aromatic heterocycles. The molecule has 0 saturated carbocycles. The zero-order valence-electron chi connectivity index (χ0n) is 12.5. The van der Waals surface area contributed by atoms with Gasteiger partial charge in [0.25, 0.3) is 0 Å². The van der Waals surface area contributed by atoms with Gasteiger partial charge in [-0.3, -0.25) is 0 Å². The first kappa shape index (κ1) is 15.2. The summed E-state index contributed by atoms with van der Waals surface area (Å²) in [6.45, 7) is 6.43. The van der Waals surface area contributed by atoms with Gasteiger partial charge in [0.2, 0.25) is 0 Å². The molecule has 3 rings (SSSR count). The summed E-state index contributed by atoms with van der Waals surface area (Å²) in [5.74, 6) is -0.355. The van der Waals surface area contributed by atoms with Gasteiger partial charge in [0.1, 0.15) is 16.9 Å². The number of rotatable bonds is 1. The second-order valence-corrected chi connectivity index (χ2v) is 7.18. The lowest BCUT2D eigenvalue weighted by atomic mass is 10.1. The van der Waals surface area contributed by atoms with Crippen molar-refractivity contribution in [2.75, 3.05) is 13.1 Å². The molecule has 0 atom stereocenters. The first-order chi connectivity index (χ1) is 10.2. The van der Waals surface area contributed by atoms with Crippen LogP contribution in [-0.2, 0) is 4.74 Å². The van der Waals surface area contributed by atoms with Gasteiger partial charge in [0.15, 0.2) is 0 Å². The van der Waals surface area contributed by atoms with Gasteiger partial charge in [-0.15, -0.1) is 5.10 Å². The van der Waals surface area contributed by atoms with Crippen LogP contribution in [0.4, 0.5) is 9.18 Å². The van der Waals surface area contributed by atoms with E-state index in [2.05, 4.69) is 26.2 Å². The zero-order chi connectivity index (χ0) is 16.1. The molecule has 118 valence electrons. The zero-order valence-corrected chi connectivity index (χ0v) is 14.1. The minimum absolute atomic E-state index is 0.0220. The summed E-state index contributed by atoms with van der Waals surface area (Å²) in [5, 5.41) is 8.14. The maximum Gasteiger partial charge on any atom is 0.410 e. The fourth-order valence-corrected chi connectivity index (χ4v) is 2.82. The van der Waals surface area contributed by atoms with Gasteiger partial charge in [0, 0.05) is 19.2 Å². The van der Waals surface area contributed by atoms with E-state index in [1.165, 1.54) is 12.1 Å². The van der Waals surface area contributed by atoms with E-state index in [1.54, 1.807) is 9.58 Å². The number of carbonyl (C=O) groups excluding carboxylic acids is 1. The van der Waals surface area contributed by atoms with Gasteiger partial charge < -0.3 is 9.64 Å². The largest absolute Gasteiger partial charge is 0.444 e. The number of likely N-dealkylation sites (tertiary alicyclic amines) is 1. The van der Waals surface area contributed by atoms with Crippen molar-refractivity contribution in [3.8, 4) is 0 Å². The average molecular weight is 371 g/mol. The third-order valence-corrected chi connectivity index (χ3v) is 3.96. The van der Waals surface area contributed by atoms with Gasteiger partial charge in [-0.05, 0) is 42.8 Å². The number of halogens is 2. The predicted octanol–water partition coefficient (Wildman–Crippen LogP) is 3.12.